The van der Waals surface area contributed by atoms with Crippen LogP contribution in [0.5, 0.6) is 5.75 Å². The van der Waals surface area contributed by atoms with Gasteiger partial charge in [-0.1, -0.05) is 12.1 Å². The third-order valence-electron chi connectivity index (χ3n) is 6.56. The van der Waals surface area contributed by atoms with E-state index in [0.29, 0.717) is 18.7 Å². The molecule has 0 saturated carbocycles. The highest BCUT2D eigenvalue weighted by Gasteiger charge is 2.50. The highest BCUT2D eigenvalue weighted by atomic mass is 16.7. The fourth-order valence-corrected chi connectivity index (χ4v) is 4.65. The molecule has 3 atom stereocenters. The van der Waals surface area contributed by atoms with Crippen molar-refractivity contribution < 1.29 is 38.1 Å². The van der Waals surface area contributed by atoms with Crippen LogP contribution in [0.4, 0.5) is 14.4 Å². The largest absolute Gasteiger partial charge is 0.509 e. The van der Waals surface area contributed by atoms with Crippen LogP contribution in [0.25, 0.3) is 0 Å². The van der Waals surface area contributed by atoms with Gasteiger partial charge in [0.2, 0.25) is 0 Å². The highest BCUT2D eigenvalue weighted by molar-refractivity contribution is 5.71. The van der Waals surface area contributed by atoms with Crippen molar-refractivity contribution in [2.75, 3.05) is 20.2 Å². The van der Waals surface area contributed by atoms with Gasteiger partial charge in [-0.25, -0.2) is 19.4 Å². The number of imidazole rings is 1. The van der Waals surface area contributed by atoms with Crippen LogP contribution in [0.2, 0.25) is 0 Å². The van der Waals surface area contributed by atoms with Gasteiger partial charge in [0.05, 0.1) is 26.0 Å². The molecule has 12 nitrogen and oxygen atoms in total. The van der Waals surface area contributed by atoms with Gasteiger partial charge in [0.15, 0.2) is 12.2 Å². The second-order valence-electron chi connectivity index (χ2n) is 12.5. The molecular formula is C31H46N4O8. The zero-order valence-electron chi connectivity index (χ0n) is 26.3. The summed E-state index contributed by atoms with van der Waals surface area (Å²) in [5.74, 6) is 0.683. The predicted octanol–water partition coefficient (Wildman–Crippen LogP) is 5.34. The van der Waals surface area contributed by atoms with E-state index < -0.39 is 47.8 Å². The van der Waals surface area contributed by atoms with Crippen molar-refractivity contribution in [3.05, 3.63) is 48.5 Å². The third kappa shape index (κ3) is 11.3. The number of unbranched alkanes of at least 4 members (excludes halogenated alkanes) is 2. The van der Waals surface area contributed by atoms with Crippen LogP contribution in [0.1, 0.15) is 66.4 Å². The van der Waals surface area contributed by atoms with Crippen molar-refractivity contribution in [1.29, 1.82) is 0 Å². The lowest BCUT2D eigenvalue weighted by atomic mass is 10.0. The van der Waals surface area contributed by atoms with Gasteiger partial charge in [0.25, 0.3) is 0 Å². The molecule has 43 heavy (non-hydrogen) atoms. The summed E-state index contributed by atoms with van der Waals surface area (Å²) in [5.41, 5.74) is -0.698. The Kier molecular flexibility index (Phi) is 11.7. The fraction of sp³-hybridized carbons (Fsp3) is 0.613. The number of aromatic nitrogens is 2. The van der Waals surface area contributed by atoms with Crippen LogP contribution in [-0.4, -0.2) is 82.4 Å². The maximum atomic E-state index is 13.4. The van der Waals surface area contributed by atoms with E-state index in [1.807, 2.05) is 35.0 Å². The monoisotopic (exact) mass is 602 g/mol. The Morgan fingerprint density at radius 2 is 1.65 bits per heavy atom. The zero-order valence-corrected chi connectivity index (χ0v) is 26.3. The van der Waals surface area contributed by atoms with E-state index in [1.54, 1.807) is 61.2 Å². The number of ether oxygens (including phenoxy) is 5. The average molecular weight is 603 g/mol. The number of hydrogen-bond acceptors (Lipinski definition) is 9. The Morgan fingerprint density at radius 3 is 2.26 bits per heavy atom. The Hall–Kier alpha value is -3.96. The molecule has 1 aliphatic rings. The van der Waals surface area contributed by atoms with Crippen LogP contribution in [-0.2, 0) is 31.9 Å². The number of hydrogen-bond donors (Lipinski definition) is 1. The van der Waals surface area contributed by atoms with Crippen molar-refractivity contribution in [2.24, 2.45) is 0 Å². The van der Waals surface area contributed by atoms with E-state index >= 15 is 0 Å². The normalized spacial score (nSPS) is 18.6. The Morgan fingerprint density at radius 1 is 0.953 bits per heavy atom. The first kappa shape index (κ1) is 33.5. The number of aryl methyl sites for hydroxylation is 1. The number of rotatable bonds is 11. The van der Waals surface area contributed by atoms with Crippen molar-refractivity contribution in [2.45, 2.75) is 103 Å². The minimum Gasteiger partial charge on any atom is -0.497 e. The average Bonchev–Trinajstić information content (AvgIpc) is 3.53. The lowest BCUT2D eigenvalue weighted by Crippen LogP contribution is -2.46. The summed E-state index contributed by atoms with van der Waals surface area (Å²) < 4.78 is 29.9. The van der Waals surface area contributed by atoms with E-state index in [-0.39, 0.29) is 6.54 Å². The highest BCUT2D eigenvalue weighted by Crippen LogP contribution is 2.30. The summed E-state index contributed by atoms with van der Waals surface area (Å²) in [6, 6.07) is 6.68. The summed E-state index contributed by atoms with van der Waals surface area (Å²) in [5, 5.41) is 2.79. The molecule has 2 amide bonds. The summed E-state index contributed by atoms with van der Waals surface area (Å²) >= 11 is 0. The first-order valence-corrected chi connectivity index (χ1v) is 14.7. The molecular weight excluding hydrogens is 556 g/mol. The molecule has 1 saturated heterocycles. The fourth-order valence-electron chi connectivity index (χ4n) is 4.65. The van der Waals surface area contributed by atoms with Gasteiger partial charge in [-0.05, 0) is 84.9 Å². The molecule has 0 aliphatic carbocycles. The number of carbonyl (C=O) groups is 3. The van der Waals surface area contributed by atoms with Gasteiger partial charge < -0.3 is 33.6 Å². The first-order chi connectivity index (χ1) is 20.2. The maximum Gasteiger partial charge on any atom is 0.509 e. The molecule has 3 rings (SSSR count). The first-order valence-electron chi connectivity index (χ1n) is 14.7. The van der Waals surface area contributed by atoms with Gasteiger partial charge in [-0.3, -0.25) is 4.90 Å². The van der Waals surface area contributed by atoms with Crippen molar-refractivity contribution >= 4 is 18.3 Å². The third-order valence-corrected chi connectivity index (χ3v) is 6.56. The van der Waals surface area contributed by atoms with Gasteiger partial charge in [0.1, 0.15) is 17.0 Å². The molecule has 12 heteroatoms. The number of nitrogens with one attached hydrogen (secondary N) is 1. The van der Waals surface area contributed by atoms with E-state index in [4.69, 9.17) is 23.7 Å². The molecule has 0 bridgehead atoms. The molecule has 2 aromatic rings. The van der Waals surface area contributed by atoms with Gasteiger partial charge >= 0.3 is 18.3 Å². The minimum atomic E-state index is -0.983. The van der Waals surface area contributed by atoms with Crippen molar-refractivity contribution in [3.8, 4) is 5.75 Å². The van der Waals surface area contributed by atoms with E-state index in [0.717, 1.165) is 31.4 Å². The zero-order chi connectivity index (χ0) is 31.6. The van der Waals surface area contributed by atoms with Crippen LogP contribution < -0.4 is 10.1 Å². The lowest BCUT2D eigenvalue weighted by molar-refractivity contribution is -0.0517. The SMILES string of the molecule is COc1ccc(CC2[C@H](OC(=O)NCCCCCn3ccnc3)[C@@H](OC(=O)OC(C)(C)C)CN2C(=O)OC(C)(C)C)cc1. The molecule has 1 unspecified atom stereocenters. The number of carbonyl (C=O) groups excluding carboxylic acids is 3. The molecule has 2 heterocycles. The summed E-state index contributed by atoms with van der Waals surface area (Å²) in [6.07, 6.45) is 4.19. The maximum absolute atomic E-state index is 13.4. The number of benzene rings is 1. The molecule has 238 valence electrons. The van der Waals surface area contributed by atoms with Crippen LogP contribution in [0.15, 0.2) is 43.0 Å². The Balaban J connectivity index is 1.75. The van der Waals surface area contributed by atoms with Crippen LogP contribution in [0.3, 0.4) is 0 Å². The number of amides is 2. The van der Waals surface area contributed by atoms with Crippen molar-refractivity contribution in [1.82, 2.24) is 19.8 Å². The number of nitrogens with zero attached hydrogens (tertiary/aromatic N) is 3. The number of likely N-dealkylation sites (tertiary alicyclic amines) is 1. The predicted molar refractivity (Wildman–Crippen MR) is 159 cm³/mol. The quantitative estimate of drug-likeness (QED) is 0.206. The lowest BCUT2D eigenvalue weighted by Gasteiger charge is -2.30. The topological polar surface area (TPSA) is 130 Å². The molecule has 1 aromatic heterocycles. The molecule has 1 aromatic carbocycles. The van der Waals surface area contributed by atoms with Gasteiger partial charge in [-0.15, -0.1) is 0 Å². The molecule has 0 spiro atoms. The standard InChI is InChI=1S/C31H46N4O8/c1-30(2,3)42-28(37)35-20-25(40-29(38)43-31(4,5)6)26(24(35)19-22-11-13-23(39-7)14-12-22)41-27(36)33-15-9-8-10-17-34-18-16-32-21-34/h11-14,16,18,21,24-26H,8-10,15,17,19-20H2,1-7H3,(H,33,36)/t24?,25-,26-/m0/s1. The Bertz CT molecular complexity index is 1170. The molecule has 1 fully saturated rings. The summed E-state index contributed by atoms with van der Waals surface area (Å²) in [6.45, 7) is 11.7. The molecule has 1 N–H and O–H groups in total. The summed E-state index contributed by atoms with van der Waals surface area (Å²) in [7, 11) is 1.58. The van der Waals surface area contributed by atoms with Gasteiger partial charge in [-0.2, -0.15) is 0 Å². The second-order valence-corrected chi connectivity index (χ2v) is 12.5. The smallest absolute Gasteiger partial charge is 0.497 e. The second kappa shape index (κ2) is 15.0. The molecule has 1 aliphatic heterocycles. The number of alkyl carbamates (subject to hydrolysis) is 1. The molecule has 0 radical (unpaired) electrons. The van der Waals surface area contributed by atoms with Crippen LogP contribution in [0, 0.1) is 0 Å². The minimum absolute atomic E-state index is 0.0405. The van der Waals surface area contributed by atoms with Crippen molar-refractivity contribution in [3.63, 3.8) is 0 Å². The van der Waals surface area contributed by atoms with Crippen LogP contribution >= 0.6 is 0 Å². The Labute approximate surface area is 254 Å². The summed E-state index contributed by atoms with van der Waals surface area (Å²) in [4.78, 5) is 44.5. The van der Waals surface area contributed by atoms with E-state index in [2.05, 4.69) is 10.3 Å². The van der Waals surface area contributed by atoms with Gasteiger partial charge in [0, 0.05) is 25.5 Å². The van der Waals surface area contributed by atoms with E-state index in [1.165, 1.54) is 4.90 Å². The number of methoxy groups -OCH3 is 1. The van der Waals surface area contributed by atoms with E-state index in [9.17, 15) is 14.4 Å².